The van der Waals surface area contributed by atoms with Gasteiger partial charge in [0.05, 0.1) is 18.0 Å². The molecule has 1 atom stereocenters. The van der Waals surface area contributed by atoms with Crippen molar-refractivity contribution >= 4 is 50.5 Å². The lowest BCUT2D eigenvalue weighted by molar-refractivity contribution is -0.117. The molecule has 8 nitrogen and oxygen atoms in total. The van der Waals surface area contributed by atoms with E-state index in [1.165, 1.54) is 63.1 Å². The van der Waals surface area contributed by atoms with Crippen LogP contribution in [0.5, 0.6) is 0 Å². The minimum Gasteiger partial charge on any atom is -0.451 e. The average molecular weight is 667 g/mol. The molecule has 2 amide bonds. The highest BCUT2D eigenvalue weighted by Crippen LogP contribution is 2.42. The molecule has 0 saturated carbocycles. The molecular weight excluding hydrogens is 633 g/mol. The van der Waals surface area contributed by atoms with E-state index in [1.54, 1.807) is 29.5 Å². The lowest BCUT2D eigenvalue weighted by Gasteiger charge is -2.26. The average Bonchev–Trinajstić information content (AvgIpc) is 3.59. The Hall–Kier alpha value is -4.77. The third-order valence-corrected chi connectivity index (χ3v) is 11.5. The van der Waals surface area contributed by atoms with E-state index in [9.17, 15) is 23.2 Å². The van der Waals surface area contributed by atoms with Crippen molar-refractivity contribution in [1.29, 1.82) is 0 Å². The van der Waals surface area contributed by atoms with Crippen molar-refractivity contribution in [3.63, 3.8) is 0 Å². The van der Waals surface area contributed by atoms with E-state index in [0.29, 0.717) is 10.8 Å². The molecule has 0 radical (unpaired) electrons. The SMILES string of the molecule is COC(=O)N(O)c1cccc(-c2ccc(C3=Cc4ccc5c(c4CC3)CCc3ccccc3-5)s2)c1.NC(=O)CC1C=CC=CS1(=O)=O. The molecule has 1 aliphatic heterocycles. The van der Waals surface area contributed by atoms with Crippen LogP contribution in [0.4, 0.5) is 10.5 Å². The number of nitrogens with two attached hydrogens (primary N) is 1. The largest absolute Gasteiger partial charge is 0.451 e. The predicted molar refractivity (Wildman–Crippen MR) is 187 cm³/mol. The first kappa shape index (κ1) is 32.2. The van der Waals surface area contributed by atoms with Gasteiger partial charge in [-0.05, 0) is 94.5 Å². The molecule has 0 bridgehead atoms. The first-order valence-corrected chi connectivity index (χ1v) is 17.7. The van der Waals surface area contributed by atoms with Crippen LogP contribution in [-0.4, -0.2) is 38.0 Å². The number of carbonyl (C=O) groups excluding carboxylic acids is 2. The van der Waals surface area contributed by atoms with E-state index in [1.807, 2.05) is 12.1 Å². The summed E-state index contributed by atoms with van der Waals surface area (Å²) in [5.41, 5.74) is 16.2. The van der Waals surface area contributed by atoms with Gasteiger partial charge in [-0.3, -0.25) is 10.0 Å². The Morgan fingerprint density at radius 2 is 1.70 bits per heavy atom. The zero-order valence-electron chi connectivity index (χ0n) is 25.8. The van der Waals surface area contributed by atoms with E-state index in [-0.39, 0.29) is 6.42 Å². The number of nitrogens with zero attached hydrogens (tertiary/aromatic N) is 1. The summed E-state index contributed by atoms with van der Waals surface area (Å²) >= 11 is 1.74. The van der Waals surface area contributed by atoms with Crippen LogP contribution in [0.15, 0.2) is 96.4 Å². The molecule has 47 heavy (non-hydrogen) atoms. The highest BCUT2D eigenvalue weighted by Gasteiger charge is 2.24. The van der Waals surface area contributed by atoms with E-state index in [4.69, 9.17) is 5.73 Å². The first-order valence-electron chi connectivity index (χ1n) is 15.2. The Morgan fingerprint density at radius 1 is 0.915 bits per heavy atom. The topological polar surface area (TPSA) is 127 Å². The quantitative estimate of drug-likeness (QED) is 0.169. The highest BCUT2D eigenvalue weighted by molar-refractivity contribution is 7.95. The third-order valence-electron chi connectivity index (χ3n) is 8.57. The minimum atomic E-state index is -3.29. The molecule has 3 N–H and O–H groups in total. The molecule has 1 unspecified atom stereocenters. The maximum absolute atomic E-state index is 11.7. The summed E-state index contributed by atoms with van der Waals surface area (Å²) in [6.45, 7) is 0. The number of fused-ring (bicyclic) bond motifs is 5. The number of benzene rings is 3. The fourth-order valence-electron chi connectivity index (χ4n) is 6.24. The molecular formula is C37H34N2O6S2. The number of sulfone groups is 1. The first-order chi connectivity index (χ1) is 22.6. The molecule has 0 spiro atoms. The fraction of sp³-hybridized carbons (Fsp3) is 0.189. The second-order valence-electron chi connectivity index (χ2n) is 11.5. The van der Waals surface area contributed by atoms with Crippen molar-refractivity contribution in [2.75, 3.05) is 12.2 Å². The van der Waals surface area contributed by atoms with Crippen LogP contribution in [0.2, 0.25) is 0 Å². The summed E-state index contributed by atoms with van der Waals surface area (Å²) < 4.78 is 27.0. The Bertz CT molecular complexity index is 2060. The van der Waals surface area contributed by atoms with E-state index in [2.05, 4.69) is 59.3 Å². The van der Waals surface area contributed by atoms with Crippen LogP contribution in [0.3, 0.4) is 0 Å². The smallest absolute Gasteiger partial charge is 0.438 e. The molecule has 4 aromatic rings. The summed E-state index contributed by atoms with van der Waals surface area (Å²) in [5.74, 6) is -0.608. The third kappa shape index (κ3) is 6.85. The van der Waals surface area contributed by atoms with Gasteiger partial charge in [0.15, 0.2) is 9.84 Å². The van der Waals surface area contributed by atoms with Crippen molar-refractivity contribution < 1.29 is 28.0 Å². The van der Waals surface area contributed by atoms with Crippen molar-refractivity contribution in [1.82, 2.24) is 0 Å². The summed E-state index contributed by atoms with van der Waals surface area (Å²) in [4.78, 5) is 24.5. The Balaban J connectivity index is 0.000000273. The Kier molecular flexibility index (Phi) is 9.26. The zero-order valence-corrected chi connectivity index (χ0v) is 27.4. The van der Waals surface area contributed by atoms with Gasteiger partial charge in [0.1, 0.15) is 0 Å². The summed E-state index contributed by atoms with van der Waals surface area (Å²) in [7, 11) is -2.05. The number of carbonyl (C=O) groups is 2. The molecule has 10 heteroatoms. The fourth-order valence-corrected chi connectivity index (χ4v) is 8.50. The predicted octanol–water partition coefficient (Wildman–Crippen LogP) is 7.36. The van der Waals surface area contributed by atoms with E-state index >= 15 is 0 Å². The molecule has 3 aromatic carbocycles. The van der Waals surface area contributed by atoms with Gasteiger partial charge < -0.3 is 10.5 Å². The Morgan fingerprint density at radius 3 is 2.49 bits per heavy atom. The van der Waals surface area contributed by atoms with Crippen LogP contribution in [0.25, 0.3) is 33.2 Å². The van der Waals surface area contributed by atoms with Crippen LogP contribution >= 0.6 is 11.3 Å². The van der Waals surface area contributed by atoms with E-state index < -0.39 is 27.1 Å². The van der Waals surface area contributed by atoms with Crippen molar-refractivity contribution in [3.05, 3.63) is 124 Å². The molecule has 1 aromatic heterocycles. The second-order valence-corrected chi connectivity index (χ2v) is 14.6. The molecule has 2 heterocycles. The number of hydroxylamine groups is 1. The molecule has 240 valence electrons. The lowest BCUT2D eigenvalue weighted by Crippen LogP contribution is -2.26. The van der Waals surface area contributed by atoms with Crippen molar-refractivity contribution in [2.45, 2.75) is 37.4 Å². The number of rotatable bonds is 5. The number of hydrogen-bond donors (Lipinski definition) is 2. The van der Waals surface area contributed by atoms with Crippen LogP contribution in [0.1, 0.15) is 40.0 Å². The number of hydrogen-bond acceptors (Lipinski definition) is 7. The lowest BCUT2D eigenvalue weighted by atomic mass is 9.78. The van der Waals surface area contributed by atoms with Gasteiger partial charge in [0, 0.05) is 21.6 Å². The maximum Gasteiger partial charge on any atom is 0.438 e. The van der Waals surface area contributed by atoms with Gasteiger partial charge >= 0.3 is 6.09 Å². The van der Waals surface area contributed by atoms with E-state index in [0.717, 1.165) is 41.5 Å². The van der Waals surface area contributed by atoms with Crippen molar-refractivity contribution in [2.24, 2.45) is 5.73 Å². The van der Waals surface area contributed by atoms with Crippen molar-refractivity contribution in [3.8, 4) is 21.6 Å². The number of thiophene rings is 1. The summed E-state index contributed by atoms with van der Waals surface area (Å²) in [5, 5.41) is 10.9. The number of aryl methyl sites for hydroxylation is 1. The highest BCUT2D eigenvalue weighted by atomic mass is 32.2. The number of anilines is 1. The molecule has 3 aliphatic rings. The van der Waals surface area contributed by atoms with Gasteiger partial charge in [-0.2, -0.15) is 5.06 Å². The zero-order chi connectivity index (χ0) is 33.1. The minimum absolute atomic E-state index is 0.150. The van der Waals surface area contributed by atoms with Gasteiger partial charge in [-0.15, -0.1) is 11.3 Å². The van der Waals surface area contributed by atoms with Crippen LogP contribution in [-0.2, 0) is 38.6 Å². The second kappa shape index (κ2) is 13.5. The summed E-state index contributed by atoms with van der Waals surface area (Å²) in [6, 6.07) is 25.0. The maximum atomic E-state index is 11.7. The van der Waals surface area contributed by atoms with Gasteiger partial charge in [-0.25, -0.2) is 13.2 Å². The molecule has 7 rings (SSSR count). The van der Waals surface area contributed by atoms with Crippen LogP contribution < -0.4 is 10.8 Å². The Labute approximate surface area is 278 Å². The number of ether oxygens (including phenoxy) is 1. The normalized spacial score (nSPS) is 16.8. The molecule has 0 saturated heterocycles. The van der Waals surface area contributed by atoms with Gasteiger partial charge in [0.25, 0.3) is 0 Å². The molecule has 2 aliphatic carbocycles. The molecule has 0 fully saturated rings. The van der Waals surface area contributed by atoms with Crippen LogP contribution in [0, 0.1) is 0 Å². The number of primary amides is 1. The number of allylic oxidation sites excluding steroid dienone is 3. The number of amides is 2. The monoisotopic (exact) mass is 666 g/mol. The van der Waals surface area contributed by atoms with Gasteiger partial charge in [0.2, 0.25) is 5.91 Å². The van der Waals surface area contributed by atoms with Gasteiger partial charge in [-0.1, -0.05) is 72.8 Å². The number of methoxy groups -OCH3 is 1. The summed E-state index contributed by atoms with van der Waals surface area (Å²) in [6.07, 6.45) is 10.2. The standard InChI is InChI=1S/C30H25NO3S.C7H9NO3S/c1-34-30(32)31(33)23-7-4-6-21(18-23)28-15-16-29(35-28)22-11-12-25-20(17-22)10-14-26-24-8-3-2-5-19(24)9-13-27(25)26;8-7(9)5-6-3-1-2-4-12(6,10)11/h2-8,10,14-18,33H,9,11-13H2,1H3;1-4,6H,5H2,(H2,8,9).